The van der Waals surface area contributed by atoms with Crippen LogP contribution in [0.2, 0.25) is 0 Å². The lowest BCUT2D eigenvalue weighted by atomic mass is 9.97. The monoisotopic (exact) mass is 401 g/mol. The zero-order valence-corrected chi connectivity index (χ0v) is 17.3. The maximum absolute atomic E-state index is 13.4. The Labute approximate surface area is 170 Å². The number of hydrogen-bond acceptors (Lipinski definition) is 5. The van der Waals surface area contributed by atoms with E-state index in [1.165, 1.54) is 12.1 Å². The maximum atomic E-state index is 13.4. The molecule has 0 aliphatic heterocycles. The number of nitrogens with zero attached hydrogens (tertiary/aromatic N) is 3. The van der Waals surface area contributed by atoms with Gasteiger partial charge in [-0.2, -0.15) is 0 Å². The number of aliphatic carboxylic acids is 1. The number of benzene rings is 1. The Bertz CT molecular complexity index is 864. The highest BCUT2D eigenvalue weighted by Gasteiger charge is 2.17. The van der Waals surface area contributed by atoms with Crippen LogP contribution in [0.25, 0.3) is 17.3 Å². The topological polar surface area (TPSA) is 86.5 Å². The molecule has 0 aliphatic carbocycles. The van der Waals surface area contributed by atoms with Gasteiger partial charge in [-0.15, -0.1) is 0 Å². The molecule has 1 atom stereocenters. The summed E-state index contributed by atoms with van der Waals surface area (Å²) in [5.74, 6) is -0.630. The van der Waals surface area contributed by atoms with E-state index >= 15 is 0 Å². The van der Waals surface area contributed by atoms with Crippen molar-refractivity contribution in [2.75, 3.05) is 19.0 Å². The average molecular weight is 401 g/mol. The zero-order valence-electron chi connectivity index (χ0n) is 17.3. The standard InChI is InChI=1S/C22H28FN3O3/c1-14(2)20-18(8-6-5-7-17(27)13-19(28)29)21(25-22(24-20)26(3)4)15-9-11-16(23)12-10-15/h6,8-12,14,17,27H,5,7,13H2,1-4H3,(H,28,29)/b8-6+. The summed E-state index contributed by atoms with van der Waals surface area (Å²) in [6.07, 6.45) is 3.50. The molecule has 0 aliphatic rings. The molecule has 7 heteroatoms. The minimum atomic E-state index is -1.02. The van der Waals surface area contributed by atoms with Gasteiger partial charge in [-0.05, 0) is 43.0 Å². The number of carbonyl (C=O) groups is 1. The Kier molecular flexibility index (Phi) is 7.84. The molecule has 0 spiro atoms. The molecule has 1 heterocycles. The molecule has 0 radical (unpaired) electrons. The second-order valence-electron chi connectivity index (χ2n) is 7.46. The fraction of sp³-hybridized carbons (Fsp3) is 0.409. The highest BCUT2D eigenvalue weighted by atomic mass is 19.1. The van der Waals surface area contributed by atoms with Crippen LogP contribution in [-0.2, 0) is 4.79 Å². The van der Waals surface area contributed by atoms with Crippen molar-refractivity contribution < 1.29 is 19.4 Å². The fourth-order valence-corrected chi connectivity index (χ4v) is 2.90. The van der Waals surface area contributed by atoms with Crippen LogP contribution < -0.4 is 4.90 Å². The fourth-order valence-electron chi connectivity index (χ4n) is 2.90. The summed E-state index contributed by atoms with van der Waals surface area (Å²) in [5, 5.41) is 18.5. The quantitative estimate of drug-likeness (QED) is 0.658. The first-order chi connectivity index (χ1) is 13.7. The summed E-state index contributed by atoms with van der Waals surface area (Å²) < 4.78 is 13.4. The van der Waals surface area contributed by atoms with E-state index in [9.17, 15) is 14.3 Å². The second-order valence-corrected chi connectivity index (χ2v) is 7.46. The van der Waals surface area contributed by atoms with Gasteiger partial charge in [-0.3, -0.25) is 4.79 Å². The number of aromatic nitrogens is 2. The number of allylic oxidation sites excluding steroid dienone is 1. The summed E-state index contributed by atoms with van der Waals surface area (Å²) in [6, 6.07) is 6.18. The summed E-state index contributed by atoms with van der Waals surface area (Å²) in [4.78, 5) is 21.9. The van der Waals surface area contributed by atoms with E-state index in [1.54, 1.807) is 12.1 Å². The number of aliphatic hydroxyl groups excluding tert-OH is 1. The van der Waals surface area contributed by atoms with E-state index in [2.05, 4.69) is 4.98 Å². The van der Waals surface area contributed by atoms with Crippen LogP contribution in [0.3, 0.4) is 0 Å². The first-order valence-electron chi connectivity index (χ1n) is 9.60. The van der Waals surface area contributed by atoms with Gasteiger partial charge in [0, 0.05) is 25.2 Å². The van der Waals surface area contributed by atoms with E-state index in [-0.39, 0.29) is 18.2 Å². The minimum Gasteiger partial charge on any atom is -0.481 e. The van der Waals surface area contributed by atoms with Gasteiger partial charge in [0.2, 0.25) is 5.95 Å². The second kappa shape index (κ2) is 10.1. The molecule has 1 unspecified atom stereocenters. The third kappa shape index (κ3) is 6.35. The number of halogens is 1. The lowest BCUT2D eigenvalue weighted by Crippen LogP contribution is -2.16. The Morgan fingerprint density at radius 2 is 1.86 bits per heavy atom. The molecule has 0 saturated heterocycles. The summed E-state index contributed by atoms with van der Waals surface area (Å²) in [6.45, 7) is 4.09. The van der Waals surface area contributed by atoms with Crippen molar-refractivity contribution >= 4 is 18.0 Å². The third-order valence-electron chi connectivity index (χ3n) is 4.39. The first-order valence-corrected chi connectivity index (χ1v) is 9.60. The van der Waals surface area contributed by atoms with Crippen LogP contribution in [0.5, 0.6) is 0 Å². The molecular formula is C22H28FN3O3. The van der Waals surface area contributed by atoms with Crippen molar-refractivity contribution in [1.82, 2.24) is 9.97 Å². The van der Waals surface area contributed by atoms with Crippen molar-refractivity contribution in [3.05, 3.63) is 47.4 Å². The lowest BCUT2D eigenvalue weighted by molar-refractivity contribution is -0.139. The molecule has 0 fully saturated rings. The highest BCUT2D eigenvalue weighted by molar-refractivity contribution is 5.74. The number of carboxylic acids is 1. The van der Waals surface area contributed by atoms with Gasteiger partial charge in [-0.25, -0.2) is 14.4 Å². The summed E-state index contributed by atoms with van der Waals surface area (Å²) in [5.41, 5.74) is 3.19. The van der Waals surface area contributed by atoms with Crippen molar-refractivity contribution in [2.24, 2.45) is 0 Å². The van der Waals surface area contributed by atoms with Crippen LogP contribution in [0, 0.1) is 5.82 Å². The Morgan fingerprint density at radius 3 is 2.41 bits per heavy atom. The van der Waals surface area contributed by atoms with Crippen molar-refractivity contribution in [3.8, 4) is 11.3 Å². The molecule has 1 aromatic heterocycles. The van der Waals surface area contributed by atoms with Gasteiger partial charge >= 0.3 is 5.97 Å². The molecule has 156 valence electrons. The van der Waals surface area contributed by atoms with Crippen molar-refractivity contribution in [1.29, 1.82) is 0 Å². The normalized spacial score (nSPS) is 12.5. The molecule has 2 aromatic rings. The van der Waals surface area contributed by atoms with Crippen LogP contribution in [-0.4, -0.2) is 46.3 Å². The zero-order chi connectivity index (χ0) is 21.6. The minimum absolute atomic E-state index is 0.133. The first kappa shape index (κ1) is 22.5. The molecule has 6 nitrogen and oxygen atoms in total. The largest absolute Gasteiger partial charge is 0.481 e. The Balaban J connectivity index is 2.43. The van der Waals surface area contributed by atoms with Gasteiger partial charge in [0.05, 0.1) is 23.9 Å². The van der Waals surface area contributed by atoms with Gasteiger partial charge in [-0.1, -0.05) is 26.0 Å². The third-order valence-corrected chi connectivity index (χ3v) is 4.39. The predicted molar refractivity (Wildman–Crippen MR) is 112 cm³/mol. The lowest BCUT2D eigenvalue weighted by Gasteiger charge is -2.19. The molecule has 29 heavy (non-hydrogen) atoms. The van der Waals surface area contributed by atoms with Gasteiger partial charge < -0.3 is 15.1 Å². The SMILES string of the molecule is CC(C)c1nc(N(C)C)nc(-c2ccc(F)cc2)c1/C=C/CCC(O)CC(=O)O. The van der Waals surface area contributed by atoms with Crippen LogP contribution in [0.4, 0.5) is 10.3 Å². The van der Waals surface area contributed by atoms with E-state index in [0.29, 0.717) is 24.5 Å². The Morgan fingerprint density at radius 1 is 1.21 bits per heavy atom. The number of anilines is 1. The van der Waals surface area contributed by atoms with Crippen LogP contribution in [0.1, 0.15) is 50.3 Å². The summed E-state index contributed by atoms with van der Waals surface area (Å²) >= 11 is 0. The average Bonchev–Trinajstić information content (AvgIpc) is 2.64. The van der Waals surface area contributed by atoms with E-state index in [0.717, 1.165) is 16.8 Å². The van der Waals surface area contributed by atoms with Gasteiger partial charge in [0.15, 0.2) is 0 Å². The molecule has 2 rings (SSSR count). The van der Waals surface area contributed by atoms with Crippen molar-refractivity contribution in [3.63, 3.8) is 0 Å². The molecular weight excluding hydrogens is 373 g/mol. The van der Waals surface area contributed by atoms with Crippen molar-refractivity contribution in [2.45, 2.75) is 45.1 Å². The predicted octanol–water partition coefficient (Wildman–Crippen LogP) is 4.10. The molecule has 2 N–H and O–H groups in total. The van der Waals surface area contributed by atoms with Gasteiger partial charge in [0.25, 0.3) is 0 Å². The number of aliphatic hydroxyl groups is 1. The molecule has 1 aromatic carbocycles. The van der Waals surface area contributed by atoms with Gasteiger partial charge in [0.1, 0.15) is 5.82 Å². The number of carboxylic acid groups (broad SMARTS) is 1. The Hall–Kier alpha value is -2.80. The van der Waals surface area contributed by atoms with E-state index in [1.807, 2.05) is 45.0 Å². The number of rotatable bonds is 9. The van der Waals surface area contributed by atoms with E-state index in [4.69, 9.17) is 10.1 Å². The maximum Gasteiger partial charge on any atom is 0.305 e. The summed E-state index contributed by atoms with van der Waals surface area (Å²) in [7, 11) is 3.74. The molecule has 0 saturated carbocycles. The van der Waals surface area contributed by atoms with E-state index < -0.39 is 12.1 Å². The van der Waals surface area contributed by atoms with Crippen LogP contribution in [0.15, 0.2) is 30.3 Å². The highest BCUT2D eigenvalue weighted by Crippen LogP contribution is 2.31. The molecule has 0 amide bonds. The van der Waals surface area contributed by atoms with Crippen LogP contribution >= 0.6 is 0 Å². The molecule has 0 bridgehead atoms. The number of hydrogen-bond donors (Lipinski definition) is 2. The smallest absolute Gasteiger partial charge is 0.305 e.